The Bertz CT molecular complexity index is 894. The van der Waals surface area contributed by atoms with Gasteiger partial charge in [-0.2, -0.15) is 0 Å². The highest BCUT2D eigenvalue weighted by Gasteiger charge is 2.21. The molecule has 0 aliphatic carbocycles. The normalized spacial score (nSPS) is 19.2. The molecular formula is C24H32ClN5O2. The van der Waals surface area contributed by atoms with Crippen molar-refractivity contribution in [1.29, 1.82) is 0 Å². The van der Waals surface area contributed by atoms with Crippen LogP contribution in [0.2, 0.25) is 5.02 Å². The van der Waals surface area contributed by atoms with Gasteiger partial charge in [0.05, 0.1) is 24.0 Å². The van der Waals surface area contributed by atoms with Crippen LogP contribution in [0.4, 0.5) is 5.95 Å². The standard InChI is InChI=1S/C24H32ClN5O2/c1-17-13-21(4-5-22(17)23(31)29-20-6-9-26-16-20)32-12-2-3-18-7-10-30(11-8-18)24-27-14-19(25)15-28-24/h4-5,13-15,18,20,26H,2-3,6-12,16H2,1H3,(H,29,31). The van der Waals surface area contributed by atoms with Crippen molar-refractivity contribution in [2.75, 3.05) is 37.7 Å². The number of hydrogen-bond donors (Lipinski definition) is 2. The van der Waals surface area contributed by atoms with E-state index in [0.29, 0.717) is 17.5 Å². The Balaban J connectivity index is 1.16. The van der Waals surface area contributed by atoms with Crippen LogP contribution in [0.5, 0.6) is 5.75 Å². The molecule has 172 valence electrons. The minimum absolute atomic E-state index is 0.00177. The van der Waals surface area contributed by atoms with E-state index in [9.17, 15) is 4.79 Å². The van der Waals surface area contributed by atoms with E-state index in [4.69, 9.17) is 16.3 Å². The quantitative estimate of drug-likeness (QED) is 0.589. The van der Waals surface area contributed by atoms with Crippen molar-refractivity contribution in [3.8, 4) is 5.75 Å². The van der Waals surface area contributed by atoms with Crippen LogP contribution in [0.15, 0.2) is 30.6 Å². The van der Waals surface area contributed by atoms with Crippen LogP contribution >= 0.6 is 11.6 Å². The summed E-state index contributed by atoms with van der Waals surface area (Å²) in [5.74, 6) is 2.30. The maximum Gasteiger partial charge on any atom is 0.251 e. The Kier molecular flexibility index (Phi) is 7.81. The van der Waals surface area contributed by atoms with Crippen molar-refractivity contribution in [3.63, 3.8) is 0 Å². The zero-order chi connectivity index (χ0) is 22.3. The lowest BCUT2D eigenvalue weighted by Crippen LogP contribution is -2.36. The highest BCUT2D eigenvalue weighted by Crippen LogP contribution is 2.25. The van der Waals surface area contributed by atoms with Gasteiger partial charge in [-0.15, -0.1) is 0 Å². The van der Waals surface area contributed by atoms with Crippen LogP contribution in [0, 0.1) is 12.8 Å². The molecule has 2 aliphatic rings. The van der Waals surface area contributed by atoms with Gasteiger partial charge in [-0.3, -0.25) is 4.79 Å². The monoisotopic (exact) mass is 457 g/mol. The third kappa shape index (κ3) is 6.11. The van der Waals surface area contributed by atoms with Crippen LogP contribution < -0.4 is 20.3 Å². The molecule has 1 aromatic heterocycles. The van der Waals surface area contributed by atoms with E-state index in [1.54, 1.807) is 12.4 Å². The molecule has 0 saturated carbocycles. The predicted molar refractivity (Wildman–Crippen MR) is 127 cm³/mol. The number of carbonyl (C=O) groups excluding carboxylic acids is 1. The van der Waals surface area contributed by atoms with E-state index in [1.807, 2.05) is 25.1 Å². The fourth-order valence-corrected chi connectivity index (χ4v) is 4.57. The van der Waals surface area contributed by atoms with Gasteiger partial charge in [0, 0.05) is 31.2 Å². The first-order valence-electron chi connectivity index (χ1n) is 11.6. The van der Waals surface area contributed by atoms with Crippen LogP contribution in [0.1, 0.15) is 48.0 Å². The maximum absolute atomic E-state index is 12.5. The third-order valence-electron chi connectivity index (χ3n) is 6.37. The molecule has 0 spiro atoms. The zero-order valence-corrected chi connectivity index (χ0v) is 19.4. The Labute approximate surface area is 194 Å². The van der Waals surface area contributed by atoms with Gasteiger partial charge in [0.2, 0.25) is 5.95 Å². The highest BCUT2D eigenvalue weighted by molar-refractivity contribution is 6.30. The maximum atomic E-state index is 12.5. The minimum Gasteiger partial charge on any atom is -0.494 e. The topological polar surface area (TPSA) is 79.4 Å². The van der Waals surface area contributed by atoms with Crippen molar-refractivity contribution < 1.29 is 9.53 Å². The number of anilines is 1. The summed E-state index contributed by atoms with van der Waals surface area (Å²) in [7, 11) is 0. The van der Waals surface area contributed by atoms with Gasteiger partial charge in [-0.05, 0) is 75.3 Å². The summed E-state index contributed by atoms with van der Waals surface area (Å²) in [6, 6.07) is 5.96. The highest BCUT2D eigenvalue weighted by atomic mass is 35.5. The smallest absolute Gasteiger partial charge is 0.251 e. The van der Waals surface area contributed by atoms with E-state index in [1.165, 1.54) is 0 Å². The SMILES string of the molecule is Cc1cc(OCCCC2CCN(c3ncc(Cl)cn3)CC2)ccc1C(=O)NC1CCNC1. The molecule has 2 fully saturated rings. The van der Waals surface area contributed by atoms with Gasteiger partial charge in [-0.25, -0.2) is 9.97 Å². The number of hydrogen-bond acceptors (Lipinski definition) is 6. The zero-order valence-electron chi connectivity index (χ0n) is 18.6. The summed E-state index contributed by atoms with van der Waals surface area (Å²) < 4.78 is 5.96. The van der Waals surface area contributed by atoms with Gasteiger partial charge in [0.25, 0.3) is 5.91 Å². The largest absolute Gasteiger partial charge is 0.494 e. The lowest BCUT2D eigenvalue weighted by atomic mass is 9.92. The lowest BCUT2D eigenvalue weighted by Gasteiger charge is -2.31. The first-order valence-corrected chi connectivity index (χ1v) is 11.9. The second-order valence-corrected chi connectivity index (χ2v) is 9.20. The third-order valence-corrected chi connectivity index (χ3v) is 6.56. The molecule has 4 rings (SSSR count). The van der Waals surface area contributed by atoms with Gasteiger partial charge in [-0.1, -0.05) is 11.6 Å². The molecule has 1 unspecified atom stereocenters. The Morgan fingerprint density at radius 3 is 2.72 bits per heavy atom. The number of nitrogens with one attached hydrogen (secondary N) is 2. The number of piperidine rings is 1. The van der Waals surface area contributed by atoms with Crippen molar-refractivity contribution >= 4 is 23.5 Å². The molecule has 7 nitrogen and oxygen atoms in total. The number of aromatic nitrogens is 2. The second kappa shape index (κ2) is 11.0. The van der Waals surface area contributed by atoms with Crippen molar-refractivity contribution in [2.45, 2.75) is 45.1 Å². The Morgan fingerprint density at radius 2 is 2.03 bits per heavy atom. The molecule has 2 N–H and O–H groups in total. The number of amides is 1. The molecule has 0 radical (unpaired) electrons. The van der Waals surface area contributed by atoms with E-state index in [0.717, 1.165) is 81.1 Å². The van der Waals surface area contributed by atoms with Crippen LogP contribution in [0.3, 0.4) is 0 Å². The number of nitrogens with zero attached hydrogens (tertiary/aromatic N) is 3. The lowest BCUT2D eigenvalue weighted by molar-refractivity contribution is 0.0939. The average Bonchev–Trinajstić information content (AvgIpc) is 3.31. The number of carbonyl (C=O) groups is 1. The molecule has 2 aromatic rings. The molecule has 32 heavy (non-hydrogen) atoms. The fraction of sp³-hybridized carbons (Fsp3) is 0.542. The predicted octanol–water partition coefficient (Wildman–Crippen LogP) is 3.61. The summed E-state index contributed by atoms with van der Waals surface area (Å²) in [6.45, 7) is 6.43. The molecule has 1 aromatic carbocycles. The fourth-order valence-electron chi connectivity index (χ4n) is 4.47. The number of benzene rings is 1. The van der Waals surface area contributed by atoms with Crippen LogP contribution in [-0.4, -0.2) is 54.7 Å². The Hall–Kier alpha value is -2.38. The van der Waals surface area contributed by atoms with Gasteiger partial charge in [0.15, 0.2) is 0 Å². The molecule has 8 heteroatoms. The first-order chi connectivity index (χ1) is 15.6. The van der Waals surface area contributed by atoms with Crippen molar-refractivity contribution in [3.05, 3.63) is 46.7 Å². The molecule has 2 saturated heterocycles. The van der Waals surface area contributed by atoms with E-state index in [-0.39, 0.29) is 11.9 Å². The Morgan fingerprint density at radius 1 is 1.25 bits per heavy atom. The molecular weight excluding hydrogens is 426 g/mol. The summed E-state index contributed by atoms with van der Waals surface area (Å²) in [5.41, 5.74) is 1.67. The van der Waals surface area contributed by atoms with E-state index >= 15 is 0 Å². The minimum atomic E-state index is -0.00177. The van der Waals surface area contributed by atoms with Gasteiger partial charge >= 0.3 is 0 Å². The first kappa shape index (κ1) is 22.8. The van der Waals surface area contributed by atoms with Gasteiger partial charge < -0.3 is 20.3 Å². The van der Waals surface area contributed by atoms with Crippen molar-refractivity contribution in [2.24, 2.45) is 5.92 Å². The summed E-state index contributed by atoms with van der Waals surface area (Å²) in [4.78, 5) is 23.4. The average molecular weight is 458 g/mol. The summed E-state index contributed by atoms with van der Waals surface area (Å²) in [6.07, 6.45) is 8.77. The molecule has 1 atom stereocenters. The molecule has 1 amide bonds. The number of rotatable bonds is 8. The molecule has 2 aliphatic heterocycles. The number of halogens is 1. The van der Waals surface area contributed by atoms with Crippen LogP contribution in [-0.2, 0) is 0 Å². The molecule has 0 bridgehead atoms. The summed E-state index contributed by atoms with van der Waals surface area (Å²) in [5, 5.41) is 6.94. The van der Waals surface area contributed by atoms with Gasteiger partial charge in [0.1, 0.15) is 5.75 Å². The number of aryl methyl sites for hydroxylation is 1. The number of ether oxygens (including phenoxy) is 1. The second-order valence-electron chi connectivity index (χ2n) is 8.76. The van der Waals surface area contributed by atoms with E-state index < -0.39 is 0 Å². The summed E-state index contributed by atoms with van der Waals surface area (Å²) >= 11 is 5.87. The molecule has 3 heterocycles. The van der Waals surface area contributed by atoms with Crippen molar-refractivity contribution in [1.82, 2.24) is 20.6 Å². The van der Waals surface area contributed by atoms with E-state index in [2.05, 4.69) is 25.5 Å². The van der Waals surface area contributed by atoms with Crippen LogP contribution in [0.25, 0.3) is 0 Å².